The van der Waals surface area contributed by atoms with Crippen molar-refractivity contribution in [2.45, 2.75) is 31.6 Å². The van der Waals surface area contributed by atoms with Gasteiger partial charge in [0.05, 0.1) is 0 Å². The first-order valence-corrected chi connectivity index (χ1v) is 8.80. The summed E-state index contributed by atoms with van der Waals surface area (Å²) < 4.78 is 29.5. The van der Waals surface area contributed by atoms with Crippen molar-refractivity contribution in [2.75, 3.05) is 4.72 Å². The van der Waals surface area contributed by atoms with Crippen molar-refractivity contribution in [3.05, 3.63) is 54.0 Å². The van der Waals surface area contributed by atoms with Gasteiger partial charge in [-0.1, -0.05) is 26.0 Å². The van der Waals surface area contributed by atoms with Gasteiger partial charge in [0.2, 0.25) is 0 Å². The van der Waals surface area contributed by atoms with Crippen molar-refractivity contribution in [3.8, 4) is 0 Å². The van der Waals surface area contributed by atoms with E-state index in [2.05, 4.69) is 28.8 Å². The van der Waals surface area contributed by atoms with E-state index >= 15 is 0 Å². The van der Waals surface area contributed by atoms with Crippen LogP contribution in [-0.2, 0) is 10.0 Å². The number of hydrogen-bond acceptors (Lipinski definition) is 4. The molecule has 0 amide bonds. The summed E-state index contributed by atoms with van der Waals surface area (Å²) in [6.45, 7) is 5.95. The molecule has 0 saturated carbocycles. The zero-order valence-electron chi connectivity index (χ0n) is 13.2. The van der Waals surface area contributed by atoms with Crippen LogP contribution in [0.4, 0.5) is 5.69 Å². The number of hydrogen-bond donors (Lipinski definition) is 1. The molecule has 0 saturated heterocycles. The number of aromatic nitrogens is 3. The van der Waals surface area contributed by atoms with Gasteiger partial charge < -0.3 is 0 Å². The Labute approximate surface area is 135 Å². The second-order valence-electron chi connectivity index (χ2n) is 5.70. The standard InChI is InChI=1S/C16H18N4O2S/c1-11(2)13-6-8-14(9-7-13)19-23(21,22)15-5-4-10-20-12(3)17-18-16(15)20/h4-11,19H,1-3H3. The van der Waals surface area contributed by atoms with E-state index < -0.39 is 10.0 Å². The van der Waals surface area contributed by atoms with Gasteiger partial charge in [0.15, 0.2) is 5.65 Å². The molecule has 23 heavy (non-hydrogen) atoms. The number of nitrogens with zero attached hydrogens (tertiary/aromatic N) is 3. The van der Waals surface area contributed by atoms with Crippen LogP contribution < -0.4 is 4.72 Å². The first kappa shape index (κ1) is 15.5. The summed E-state index contributed by atoms with van der Waals surface area (Å²) in [5.41, 5.74) is 1.99. The lowest BCUT2D eigenvalue weighted by atomic mass is 10.0. The molecule has 0 atom stereocenters. The second-order valence-corrected chi connectivity index (χ2v) is 7.35. The van der Waals surface area contributed by atoms with Gasteiger partial charge in [-0.05, 0) is 42.7 Å². The average Bonchev–Trinajstić information content (AvgIpc) is 2.89. The maximum atomic E-state index is 12.7. The Morgan fingerprint density at radius 2 is 1.78 bits per heavy atom. The highest BCUT2D eigenvalue weighted by molar-refractivity contribution is 7.93. The molecule has 7 heteroatoms. The molecule has 0 fully saturated rings. The predicted molar refractivity (Wildman–Crippen MR) is 89.1 cm³/mol. The quantitative estimate of drug-likeness (QED) is 0.798. The van der Waals surface area contributed by atoms with Gasteiger partial charge in [0.1, 0.15) is 10.7 Å². The summed E-state index contributed by atoms with van der Waals surface area (Å²) in [7, 11) is -3.73. The van der Waals surface area contributed by atoms with E-state index in [0.29, 0.717) is 23.1 Å². The number of rotatable bonds is 4. The van der Waals surface area contributed by atoms with Gasteiger partial charge >= 0.3 is 0 Å². The lowest BCUT2D eigenvalue weighted by Gasteiger charge is -2.10. The van der Waals surface area contributed by atoms with E-state index in [9.17, 15) is 8.42 Å². The molecular formula is C16H18N4O2S. The number of benzene rings is 1. The summed E-state index contributed by atoms with van der Waals surface area (Å²) in [6, 6.07) is 10.6. The number of nitrogens with one attached hydrogen (secondary N) is 1. The summed E-state index contributed by atoms with van der Waals surface area (Å²) in [4.78, 5) is 0.105. The molecule has 0 aliphatic carbocycles. The summed E-state index contributed by atoms with van der Waals surface area (Å²) >= 11 is 0. The van der Waals surface area contributed by atoms with E-state index in [0.717, 1.165) is 5.56 Å². The molecule has 6 nitrogen and oxygen atoms in total. The van der Waals surface area contributed by atoms with Gasteiger partial charge in [0.25, 0.3) is 10.0 Å². The normalized spacial score (nSPS) is 12.0. The Kier molecular flexibility index (Phi) is 3.81. The predicted octanol–water partition coefficient (Wildman–Crippen LogP) is 2.96. The van der Waals surface area contributed by atoms with Gasteiger partial charge in [-0.3, -0.25) is 9.12 Å². The first-order valence-electron chi connectivity index (χ1n) is 7.31. The molecule has 0 aliphatic heterocycles. The monoisotopic (exact) mass is 330 g/mol. The Balaban J connectivity index is 1.97. The summed E-state index contributed by atoms with van der Waals surface area (Å²) in [6.07, 6.45) is 1.74. The number of anilines is 1. The maximum Gasteiger partial charge on any atom is 0.265 e. The maximum absolute atomic E-state index is 12.7. The van der Waals surface area contributed by atoms with E-state index in [-0.39, 0.29) is 4.90 Å². The SMILES string of the molecule is Cc1nnc2c(S(=O)(=O)Nc3ccc(C(C)C)cc3)cccn12. The molecule has 2 heterocycles. The van der Waals surface area contributed by atoms with Crippen LogP contribution in [-0.4, -0.2) is 23.0 Å². The van der Waals surface area contributed by atoms with Crippen LogP contribution in [0.1, 0.15) is 31.2 Å². The zero-order valence-corrected chi connectivity index (χ0v) is 14.0. The van der Waals surface area contributed by atoms with Crippen molar-refractivity contribution in [3.63, 3.8) is 0 Å². The smallest absolute Gasteiger partial charge is 0.265 e. The minimum Gasteiger partial charge on any atom is -0.286 e. The number of sulfonamides is 1. The molecule has 0 unspecified atom stereocenters. The molecule has 1 aromatic carbocycles. The molecule has 120 valence electrons. The molecule has 3 aromatic rings. The van der Waals surface area contributed by atoms with Crippen LogP contribution >= 0.6 is 0 Å². The molecule has 0 spiro atoms. The molecular weight excluding hydrogens is 312 g/mol. The van der Waals surface area contributed by atoms with Crippen molar-refractivity contribution >= 4 is 21.4 Å². The van der Waals surface area contributed by atoms with Crippen LogP contribution in [0.5, 0.6) is 0 Å². The molecule has 0 aliphatic rings. The van der Waals surface area contributed by atoms with Crippen LogP contribution in [0.15, 0.2) is 47.5 Å². The van der Waals surface area contributed by atoms with E-state index in [1.807, 2.05) is 12.1 Å². The largest absolute Gasteiger partial charge is 0.286 e. The summed E-state index contributed by atoms with van der Waals surface area (Å²) in [5.74, 6) is 1.03. The molecule has 1 N–H and O–H groups in total. The molecule has 0 radical (unpaired) electrons. The van der Waals surface area contributed by atoms with Crippen molar-refractivity contribution in [1.82, 2.24) is 14.6 Å². The Hall–Kier alpha value is -2.41. The van der Waals surface area contributed by atoms with Gasteiger partial charge in [-0.2, -0.15) is 0 Å². The van der Waals surface area contributed by atoms with Crippen LogP contribution in [0, 0.1) is 6.92 Å². The summed E-state index contributed by atoms with van der Waals surface area (Å²) in [5, 5.41) is 7.89. The Bertz CT molecular complexity index is 944. The second kappa shape index (κ2) is 5.66. The lowest BCUT2D eigenvalue weighted by Crippen LogP contribution is -2.14. The Morgan fingerprint density at radius 3 is 2.43 bits per heavy atom. The fourth-order valence-corrected chi connectivity index (χ4v) is 3.56. The number of fused-ring (bicyclic) bond motifs is 1. The van der Waals surface area contributed by atoms with Crippen molar-refractivity contribution in [2.24, 2.45) is 0 Å². The molecule has 0 bridgehead atoms. The highest BCUT2D eigenvalue weighted by Gasteiger charge is 2.20. The van der Waals surface area contributed by atoms with Crippen LogP contribution in [0.25, 0.3) is 5.65 Å². The zero-order chi connectivity index (χ0) is 16.6. The third kappa shape index (κ3) is 2.92. The fraction of sp³-hybridized carbons (Fsp3) is 0.250. The minimum atomic E-state index is -3.73. The minimum absolute atomic E-state index is 0.105. The van der Waals surface area contributed by atoms with Crippen LogP contribution in [0.3, 0.4) is 0 Å². The van der Waals surface area contributed by atoms with Crippen molar-refractivity contribution < 1.29 is 8.42 Å². The van der Waals surface area contributed by atoms with Crippen LogP contribution in [0.2, 0.25) is 0 Å². The average molecular weight is 330 g/mol. The Morgan fingerprint density at radius 1 is 1.09 bits per heavy atom. The highest BCUT2D eigenvalue weighted by Crippen LogP contribution is 2.22. The van der Waals surface area contributed by atoms with Gasteiger partial charge in [-0.15, -0.1) is 10.2 Å². The highest BCUT2D eigenvalue weighted by atomic mass is 32.2. The van der Waals surface area contributed by atoms with Gasteiger partial charge in [-0.25, -0.2) is 8.42 Å². The fourth-order valence-electron chi connectivity index (χ4n) is 2.36. The molecule has 3 rings (SSSR count). The van der Waals surface area contributed by atoms with E-state index in [1.165, 1.54) is 6.07 Å². The number of pyridine rings is 1. The topological polar surface area (TPSA) is 76.4 Å². The molecule has 2 aromatic heterocycles. The lowest BCUT2D eigenvalue weighted by molar-refractivity contribution is 0.601. The third-order valence-electron chi connectivity index (χ3n) is 3.69. The van der Waals surface area contributed by atoms with E-state index in [1.54, 1.807) is 35.7 Å². The van der Waals surface area contributed by atoms with Crippen molar-refractivity contribution in [1.29, 1.82) is 0 Å². The van der Waals surface area contributed by atoms with E-state index in [4.69, 9.17) is 0 Å². The number of aryl methyl sites for hydroxylation is 1. The first-order chi connectivity index (χ1) is 10.9. The van der Waals surface area contributed by atoms with Gasteiger partial charge in [0, 0.05) is 11.9 Å². The third-order valence-corrected chi connectivity index (χ3v) is 5.09.